The Bertz CT molecular complexity index is 822. The molecule has 1 N–H and O–H groups in total. The number of anilines is 1. The highest BCUT2D eigenvalue weighted by Crippen LogP contribution is 2.35. The maximum Gasteiger partial charge on any atom is 0.262 e. The van der Waals surface area contributed by atoms with Crippen molar-refractivity contribution in [2.45, 2.75) is 4.90 Å². The third-order valence-electron chi connectivity index (χ3n) is 3.07. The first-order valence-electron chi connectivity index (χ1n) is 6.25. The Morgan fingerprint density at radius 2 is 1.91 bits per heavy atom. The molecule has 0 spiro atoms. The molecular weight excluding hydrogens is 330 g/mol. The predicted molar refractivity (Wildman–Crippen MR) is 81.4 cm³/mol. The number of nitrogens with one attached hydrogen (secondary N) is 1. The molecule has 0 atom stereocenters. The van der Waals surface area contributed by atoms with Gasteiger partial charge in [0.05, 0.1) is 22.7 Å². The first-order valence-corrected chi connectivity index (χ1v) is 8.12. The van der Waals surface area contributed by atoms with Gasteiger partial charge in [0.15, 0.2) is 11.5 Å². The van der Waals surface area contributed by atoms with Gasteiger partial charge >= 0.3 is 0 Å². The van der Waals surface area contributed by atoms with E-state index in [9.17, 15) is 8.42 Å². The summed E-state index contributed by atoms with van der Waals surface area (Å²) < 4.78 is 42.6. The number of sulfonamides is 1. The number of ether oxygens (including phenoxy) is 3. The molecule has 2 aromatic carbocycles. The summed E-state index contributed by atoms with van der Waals surface area (Å²) in [5, 5.41) is 0.240. The molecule has 0 amide bonds. The topological polar surface area (TPSA) is 73.9 Å². The monoisotopic (exact) mass is 341 g/mol. The highest BCUT2D eigenvalue weighted by atomic mass is 35.5. The number of fused-ring (bicyclic) bond motifs is 1. The van der Waals surface area contributed by atoms with Gasteiger partial charge in [0.25, 0.3) is 10.0 Å². The summed E-state index contributed by atoms with van der Waals surface area (Å²) in [4.78, 5) is 0.0589. The molecule has 0 aromatic heterocycles. The number of hydrogen-bond acceptors (Lipinski definition) is 5. The fourth-order valence-electron chi connectivity index (χ4n) is 1.95. The fraction of sp³-hybridized carbons (Fsp3) is 0.143. The predicted octanol–water partition coefficient (Wildman–Crippen LogP) is 2.88. The van der Waals surface area contributed by atoms with Gasteiger partial charge in [-0.1, -0.05) is 11.6 Å². The minimum absolute atomic E-state index is 0.0589. The Kier molecular flexibility index (Phi) is 3.76. The van der Waals surface area contributed by atoms with Crippen LogP contribution in [0, 0.1) is 0 Å². The van der Waals surface area contributed by atoms with Crippen molar-refractivity contribution in [3.63, 3.8) is 0 Å². The zero-order valence-electron chi connectivity index (χ0n) is 11.5. The number of rotatable bonds is 4. The smallest absolute Gasteiger partial charge is 0.262 e. The van der Waals surface area contributed by atoms with E-state index < -0.39 is 10.0 Å². The molecule has 0 fully saturated rings. The third-order valence-corrected chi connectivity index (χ3v) is 4.75. The molecule has 0 saturated heterocycles. The average molecular weight is 342 g/mol. The quantitative estimate of drug-likeness (QED) is 0.925. The van der Waals surface area contributed by atoms with Crippen LogP contribution < -0.4 is 18.9 Å². The van der Waals surface area contributed by atoms with Gasteiger partial charge in [-0.3, -0.25) is 4.72 Å². The van der Waals surface area contributed by atoms with Gasteiger partial charge in [-0.15, -0.1) is 0 Å². The van der Waals surface area contributed by atoms with Crippen LogP contribution in [0.2, 0.25) is 5.02 Å². The summed E-state index contributed by atoms with van der Waals surface area (Å²) in [6, 6.07) is 9.07. The van der Waals surface area contributed by atoms with E-state index in [1.807, 2.05) is 0 Å². The van der Waals surface area contributed by atoms with E-state index in [0.717, 1.165) is 0 Å². The van der Waals surface area contributed by atoms with Crippen molar-refractivity contribution in [1.82, 2.24) is 0 Å². The van der Waals surface area contributed by atoms with E-state index in [0.29, 0.717) is 17.2 Å². The average Bonchev–Trinajstić information content (AvgIpc) is 2.96. The van der Waals surface area contributed by atoms with Crippen LogP contribution in [-0.2, 0) is 10.0 Å². The first-order chi connectivity index (χ1) is 10.5. The Balaban J connectivity index is 1.90. The molecule has 1 aliphatic rings. The van der Waals surface area contributed by atoms with Gasteiger partial charge in [-0.2, -0.15) is 0 Å². The largest absolute Gasteiger partial charge is 0.497 e. The highest BCUT2D eigenvalue weighted by Gasteiger charge is 2.21. The lowest BCUT2D eigenvalue weighted by Crippen LogP contribution is -2.13. The van der Waals surface area contributed by atoms with Crippen LogP contribution >= 0.6 is 11.6 Å². The standard InChI is InChI=1S/C14H12ClNO5S/c1-19-9-2-4-12(11(15)6-9)16-22(17,18)10-3-5-13-14(7-10)21-8-20-13/h2-7,16H,8H2,1H3. The number of hydrogen-bond donors (Lipinski definition) is 1. The zero-order chi connectivity index (χ0) is 15.7. The lowest BCUT2D eigenvalue weighted by Gasteiger charge is -2.11. The molecule has 22 heavy (non-hydrogen) atoms. The van der Waals surface area contributed by atoms with Gasteiger partial charge in [0.1, 0.15) is 5.75 Å². The van der Waals surface area contributed by atoms with Gasteiger partial charge in [-0.05, 0) is 24.3 Å². The first kappa shape index (κ1) is 14.8. The van der Waals surface area contributed by atoms with Crippen molar-refractivity contribution in [3.8, 4) is 17.2 Å². The van der Waals surface area contributed by atoms with Crippen LogP contribution in [0.15, 0.2) is 41.3 Å². The second kappa shape index (κ2) is 5.58. The van der Waals surface area contributed by atoms with E-state index in [-0.39, 0.29) is 22.4 Å². The molecule has 1 heterocycles. The maximum atomic E-state index is 12.4. The minimum Gasteiger partial charge on any atom is -0.497 e. The maximum absolute atomic E-state index is 12.4. The lowest BCUT2D eigenvalue weighted by molar-refractivity contribution is 0.174. The van der Waals surface area contributed by atoms with Crippen LogP contribution in [0.25, 0.3) is 0 Å². The Morgan fingerprint density at radius 1 is 1.14 bits per heavy atom. The van der Waals surface area contributed by atoms with E-state index in [1.54, 1.807) is 12.1 Å². The summed E-state index contributed by atoms with van der Waals surface area (Å²) in [5.41, 5.74) is 0.264. The lowest BCUT2D eigenvalue weighted by atomic mass is 10.3. The van der Waals surface area contributed by atoms with Crippen molar-refractivity contribution in [2.75, 3.05) is 18.6 Å². The molecule has 0 aliphatic carbocycles. The normalized spacial score (nSPS) is 13.0. The van der Waals surface area contributed by atoms with Crippen LogP contribution in [-0.4, -0.2) is 22.3 Å². The van der Waals surface area contributed by atoms with Gasteiger partial charge < -0.3 is 14.2 Å². The molecule has 0 radical (unpaired) electrons. The van der Waals surface area contributed by atoms with Crippen molar-refractivity contribution in [2.24, 2.45) is 0 Å². The summed E-state index contributed by atoms with van der Waals surface area (Å²) in [5.74, 6) is 1.45. The molecule has 0 saturated carbocycles. The van der Waals surface area contributed by atoms with Crippen molar-refractivity contribution in [3.05, 3.63) is 41.4 Å². The van der Waals surface area contributed by atoms with E-state index in [4.69, 9.17) is 25.8 Å². The van der Waals surface area contributed by atoms with Crippen molar-refractivity contribution >= 4 is 27.3 Å². The van der Waals surface area contributed by atoms with E-state index in [2.05, 4.69) is 4.72 Å². The number of methoxy groups -OCH3 is 1. The van der Waals surface area contributed by atoms with Crippen LogP contribution in [0.3, 0.4) is 0 Å². The van der Waals surface area contributed by atoms with Crippen LogP contribution in [0.5, 0.6) is 17.2 Å². The minimum atomic E-state index is -3.79. The Labute approximate surface area is 132 Å². The molecule has 116 valence electrons. The number of benzene rings is 2. The fourth-order valence-corrected chi connectivity index (χ4v) is 3.32. The highest BCUT2D eigenvalue weighted by molar-refractivity contribution is 7.92. The summed E-state index contributed by atoms with van der Waals surface area (Å²) >= 11 is 6.04. The molecule has 6 nitrogen and oxygen atoms in total. The molecule has 3 rings (SSSR count). The molecule has 0 bridgehead atoms. The SMILES string of the molecule is COc1ccc(NS(=O)(=O)c2ccc3c(c2)OCO3)c(Cl)c1. The van der Waals surface area contributed by atoms with Crippen molar-refractivity contribution in [1.29, 1.82) is 0 Å². The molecule has 1 aliphatic heterocycles. The molecular formula is C14H12ClNO5S. The van der Waals surface area contributed by atoms with Crippen LogP contribution in [0.1, 0.15) is 0 Å². The Hall–Kier alpha value is -2.12. The van der Waals surface area contributed by atoms with E-state index in [1.165, 1.54) is 31.4 Å². The summed E-state index contributed by atoms with van der Waals surface area (Å²) in [6.45, 7) is 0.0799. The van der Waals surface area contributed by atoms with Crippen molar-refractivity contribution < 1.29 is 22.6 Å². The third kappa shape index (κ3) is 2.77. The van der Waals surface area contributed by atoms with Gasteiger partial charge in [-0.25, -0.2) is 8.42 Å². The zero-order valence-corrected chi connectivity index (χ0v) is 13.1. The summed E-state index contributed by atoms with van der Waals surface area (Å²) in [6.07, 6.45) is 0. The molecule has 0 unspecified atom stereocenters. The molecule has 8 heteroatoms. The van der Waals surface area contributed by atoms with Gasteiger partial charge in [0.2, 0.25) is 6.79 Å². The second-order valence-electron chi connectivity index (χ2n) is 4.47. The Morgan fingerprint density at radius 3 is 2.64 bits per heavy atom. The van der Waals surface area contributed by atoms with E-state index >= 15 is 0 Å². The molecule has 2 aromatic rings. The van der Waals surface area contributed by atoms with Gasteiger partial charge in [0, 0.05) is 12.1 Å². The number of halogens is 1. The summed E-state index contributed by atoms with van der Waals surface area (Å²) in [7, 11) is -2.29. The second-order valence-corrected chi connectivity index (χ2v) is 6.56. The van der Waals surface area contributed by atoms with Crippen LogP contribution in [0.4, 0.5) is 5.69 Å².